The molecule has 0 fully saturated rings. The van der Waals surface area contributed by atoms with Gasteiger partial charge >= 0.3 is 0 Å². The number of nitrogens with zero attached hydrogens (tertiary/aromatic N) is 3. The van der Waals surface area contributed by atoms with E-state index in [1.807, 2.05) is 31.5 Å². The lowest BCUT2D eigenvalue weighted by Gasteiger charge is -2.06. The quantitative estimate of drug-likeness (QED) is 0.715. The Morgan fingerprint density at radius 3 is 2.68 bits per heavy atom. The number of hydrogen-bond donors (Lipinski definition) is 0. The largest absolute Gasteiger partial charge is 0.265 e. The molecule has 0 aliphatic rings. The predicted molar refractivity (Wildman–Crippen MR) is 75.1 cm³/mol. The molecule has 3 aromatic rings. The topological polar surface area (TPSA) is 30.7 Å². The molecule has 3 nitrogen and oxygen atoms in total. The molecule has 19 heavy (non-hydrogen) atoms. The van der Waals surface area contributed by atoms with Crippen LogP contribution in [0.5, 0.6) is 0 Å². The zero-order valence-corrected chi connectivity index (χ0v) is 11.9. The predicted octanol–water partition coefficient (Wildman–Crippen LogP) is 3.61. The fourth-order valence-corrected chi connectivity index (χ4v) is 3.19. The third kappa shape index (κ3) is 2.26. The van der Waals surface area contributed by atoms with Crippen LogP contribution >= 0.6 is 11.3 Å². The van der Waals surface area contributed by atoms with Gasteiger partial charge in [-0.2, -0.15) is 5.10 Å². The summed E-state index contributed by atoms with van der Waals surface area (Å²) in [5, 5.41) is 5.37. The smallest absolute Gasteiger partial charge is 0.125 e. The summed E-state index contributed by atoms with van der Waals surface area (Å²) in [7, 11) is 0. The first-order valence-electron chi connectivity index (χ1n) is 6.09. The molecule has 0 N–H and O–H groups in total. The first kappa shape index (κ1) is 12.3. The van der Waals surface area contributed by atoms with Gasteiger partial charge in [0.05, 0.1) is 27.5 Å². The third-order valence-corrected chi connectivity index (χ3v) is 3.99. The van der Waals surface area contributed by atoms with E-state index in [4.69, 9.17) is 0 Å². The van der Waals surface area contributed by atoms with Crippen molar-refractivity contribution in [1.82, 2.24) is 14.8 Å². The highest BCUT2D eigenvalue weighted by molar-refractivity contribution is 7.18. The normalized spacial score (nSPS) is 11.4. The Kier molecular flexibility index (Phi) is 2.86. The van der Waals surface area contributed by atoms with Crippen LogP contribution in [0.1, 0.15) is 22.0 Å². The molecule has 0 saturated carbocycles. The average molecular weight is 275 g/mol. The number of aromatic nitrogens is 3. The van der Waals surface area contributed by atoms with E-state index in [9.17, 15) is 4.39 Å². The first-order chi connectivity index (χ1) is 9.02. The summed E-state index contributed by atoms with van der Waals surface area (Å²) in [5.41, 5.74) is 3.81. The molecule has 3 rings (SSSR count). The van der Waals surface area contributed by atoms with Gasteiger partial charge in [-0.25, -0.2) is 9.37 Å². The van der Waals surface area contributed by atoms with Gasteiger partial charge in [0.25, 0.3) is 0 Å². The van der Waals surface area contributed by atoms with Gasteiger partial charge in [0.1, 0.15) is 5.82 Å². The molecule has 98 valence electrons. The minimum absolute atomic E-state index is 0.215. The Morgan fingerprint density at radius 2 is 2.00 bits per heavy atom. The van der Waals surface area contributed by atoms with Crippen LogP contribution in [0, 0.1) is 26.6 Å². The summed E-state index contributed by atoms with van der Waals surface area (Å²) in [4.78, 5) is 4.50. The van der Waals surface area contributed by atoms with Gasteiger partial charge in [0.2, 0.25) is 0 Å². The SMILES string of the molecule is Cc1cc(C)n(Cc2cc(F)cc3sc(C)nc23)n1. The minimum atomic E-state index is -0.215. The molecule has 0 aliphatic heterocycles. The number of fused-ring (bicyclic) bond motifs is 1. The van der Waals surface area contributed by atoms with E-state index in [1.165, 1.54) is 11.3 Å². The van der Waals surface area contributed by atoms with Crippen molar-refractivity contribution in [3.05, 3.63) is 46.0 Å². The van der Waals surface area contributed by atoms with E-state index < -0.39 is 0 Å². The highest BCUT2D eigenvalue weighted by atomic mass is 32.1. The maximum absolute atomic E-state index is 13.7. The van der Waals surface area contributed by atoms with E-state index in [0.29, 0.717) is 6.54 Å². The number of thiazole rings is 1. The second kappa shape index (κ2) is 4.42. The van der Waals surface area contributed by atoms with Crippen molar-refractivity contribution in [3.63, 3.8) is 0 Å². The molecule has 0 bridgehead atoms. The summed E-state index contributed by atoms with van der Waals surface area (Å²) < 4.78 is 16.4. The van der Waals surface area contributed by atoms with E-state index in [-0.39, 0.29) is 5.82 Å². The van der Waals surface area contributed by atoms with Gasteiger partial charge < -0.3 is 0 Å². The fourth-order valence-electron chi connectivity index (χ4n) is 2.29. The zero-order chi connectivity index (χ0) is 13.6. The number of aryl methyl sites for hydroxylation is 3. The zero-order valence-electron chi connectivity index (χ0n) is 11.1. The molecule has 0 saturated heterocycles. The Balaban J connectivity index is 2.11. The molecule has 2 heterocycles. The van der Waals surface area contributed by atoms with Gasteiger partial charge in [-0.3, -0.25) is 4.68 Å². The summed E-state index contributed by atoms with van der Waals surface area (Å²) in [6.07, 6.45) is 0. The van der Waals surface area contributed by atoms with Crippen LogP contribution < -0.4 is 0 Å². The second-order valence-corrected chi connectivity index (χ2v) is 5.96. The minimum Gasteiger partial charge on any atom is -0.265 e. The standard InChI is InChI=1S/C14H14FN3S/c1-8-4-9(2)18(17-8)7-11-5-12(15)6-13-14(11)16-10(3)19-13/h4-6H,7H2,1-3H3. The van der Waals surface area contributed by atoms with Gasteiger partial charge in [0.15, 0.2) is 0 Å². The summed E-state index contributed by atoms with van der Waals surface area (Å²) >= 11 is 1.52. The Morgan fingerprint density at radius 1 is 1.21 bits per heavy atom. The molecule has 0 unspecified atom stereocenters. The van der Waals surface area contributed by atoms with Gasteiger partial charge in [0, 0.05) is 11.3 Å². The van der Waals surface area contributed by atoms with Crippen molar-refractivity contribution >= 4 is 21.6 Å². The Bertz CT molecular complexity index is 757. The van der Waals surface area contributed by atoms with Crippen LogP contribution in [0.25, 0.3) is 10.2 Å². The summed E-state index contributed by atoms with van der Waals surface area (Å²) in [6, 6.07) is 5.12. The van der Waals surface area contributed by atoms with Crippen molar-refractivity contribution in [1.29, 1.82) is 0 Å². The maximum atomic E-state index is 13.7. The fraction of sp³-hybridized carbons (Fsp3) is 0.286. The van der Waals surface area contributed by atoms with Crippen LogP contribution in [0.15, 0.2) is 18.2 Å². The van der Waals surface area contributed by atoms with Crippen molar-refractivity contribution in [2.45, 2.75) is 27.3 Å². The van der Waals surface area contributed by atoms with Crippen molar-refractivity contribution in [3.8, 4) is 0 Å². The van der Waals surface area contributed by atoms with Gasteiger partial charge in [-0.15, -0.1) is 11.3 Å². The third-order valence-electron chi connectivity index (χ3n) is 3.07. The highest BCUT2D eigenvalue weighted by Crippen LogP contribution is 2.26. The first-order valence-corrected chi connectivity index (χ1v) is 6.91. The lowest BCUT2D eigenvalue weighted by molar-refractivity contribution is 0.619. The molecular formula is C14H14FN3S. The Labute approximate surface area is 114 Å². The van der Waals surface area contributed by atoms with Crippen LogP contribution in [0.2, 0.25) is 0 Å². The Hall–Kier alpha value is -1.75. The van der Waals surface area contributed by atoms with Crippen LogP contribution in [0.4, 0.5) is 4.39 Å². The van der Waals surface area contributed by atoms with Crippen LogP contribution in [-0.4, -0.2) is 14.8 Å². The molecule has 0 amide bonds. The van der Waals surface area contributed by atoms with E-state index in [1.54, 1.807) is 12.1 Å². The molecule has 0 atom stereocenters. The molecule has 1 aromatic carbocycles. The summed E-state index contributed by atoms with van der Waals surface area (Å²) in [5.74, 6) is -0.215. The van der Waals surface area contributed by atoms with Crippen LogP contribution in [-0.2, 0) is 6.54 Å². The molecule has 0 aliphatic carbocycles. The van der Waals surface area contributed by atoms with Crippen molar-refractivity contribution in [2.24, 2.45) is 0 Å². The second-order valence-electron chi connectivity index (χ2n) is 4.73. The maximum Gasteiger partial charge on any atom is 0.125 e. The van der Waals surface area contributed by atoms with Gasteiger partial charge in [-0.1, -0.05) is 0 Å². The van der Waals surface area contributed by atoms with E-state index >= 15 is 0 Å². The van der Waals surface area contributed by atoms with E-state index in [0.717, 1.165) is 32.2 Å². The molecule has 0 spiro atoms. The highest BCUT2D eigenvalue weighted by Gasteiger charge is 2.11. The number of halogens is 1. The number of rotatable bonds is 2. The number of hydrogen-bond acceptors (Lipinski definition) is 3. The van der Waals surface area contributed by atoms with Crippen molar-refractivity contribution < 1.29 is 4.39 Å². The monoisotopic (exact) mass is 275 g/mol. The lowest BCUT2D eigenvalue weighted by Crippen LogP contribution is -2.05. The lowest BCUT2D eigenvalue weighted by atomic mass is 10.2. The molecule has 5 heteroatoms. The molecule has 0 radical (unpaired) electrons. The van der Waals surface area contributed by atoms with E-state index in [2.05, 4.69) is 10.1 Å². The average Bonchev–Trinajstić information content (AvgIpc) is 2.81. The van der Waals surface area contributed by atoms with Crippen LogP contribution in [0.3, 0.4) is 0 Å². The summed E-state index contributed by atoms with van der Waals surface area (Å²) in [6.45, 7) is 6.45. The molecular weight excluding hydrogens is 261 g/mol. The van der Waals surface area contributed by atoms with Crippen molar-refractivity contribution in [2.75, 3.05) is 0 Å². The molecule has 2 aromatic heterocycles. The number of benzene rings is 1. The van der Waals surface area contributed by atoms with Gasteiger partial charge in [-0.05, 0) is 39.0 Å².